The van der Waals surface area contributed by atoms with Gasteiger partial charge >= 0.3 is 0 Å². The Kier molecular flexibility index (Phi) is 8.20. The number of rotatable bonds is 10. The molecule has 0 heterocycles. The fraction of sp³-hybridized carbons (Fsp3) is 0.238. The third-order valence-corrected chi connectivity index (χ3v) is 3.70. The van der Waals surface area contributed by atoms with Crippen molar-refractivity contribution in [3.05, 3.63) is 53.6 Å². The zero-order chi connectivity index (χ0) is 20.4. The van der Waals surface area contributed by atoms with Crippen LogP contribution in [0, 0.1) is 0 Å². The average Bonchev–Trinajstić information content (AvgIpc) is 2.71. The van der Waals surface area contributed by atoms with E-state index >= 15 is 0 Å². The number of hydrogen-bond acceptors (Lipinski definition) is 7. The predicted molar refractivity (Wildman–Crippen MR) is 106 cm³/mol. The Labute approximate surface area is 163 Å². The first-order valence-corrected chi connectivity index (χ1v) is 8.63. The Morgan fingerprint density at radius 3 is 2.00 bits per heavy atom. The van der Waals surface area contributed by atoms with Crippen LogP contribution in [0.4, 0.5) is 0 Å². The van der Waals surface area contributed by atoms with E-state index < -0.39 is 0 Å². The molecule has 0 radical (unpaired) electrons. The van der Waals surface area contributed by atoms with E-state index in [0.29, 0.717) is 5.56 Å². The summed E-state index contributed by atoms with van der Waals surface area (Å²) >= 11 is 0. The van der Waals surface area contributed by atoms with Crippen molar-refractivity contribution in [1.29, 1.82) is 0 Å². The van der Waals surface area contributed by atoms with Gasteiger partial charge in [-0.2, -0.15) is 0 Å². The zero-order valence-electron chi connectivity index (χ0n) is 15.5. The molecule has 0 saturated heterocycles. The molecule has 0 amide bonds. The van der Waals surface area contributed by atoms with Crippen molar-refractivity contribution < 1.29 is 34.6 Å². The Balaban J connectivity index is 2.01. The van der Waals surface area contributed by atoms with Crippen LogP contribution in [-0.4, -0.2) is 54.0 Å². The summed E-state index contributed by atoms with van der Waals surface area (Å²) in [6, 6.07) is 8.07. The lowest BCUT2D eigenvalue weighted by molar-refractivity contribution is 0.206. The van der Waals surface area contributed by atoms with E-state index in [9.17, 15) is 10.2 Å². The van der Waals surface area contributed by atoms with Gasteiger partial charge in [0, 0.05) is 0 Å². The van der Waals surface area contributed by atoms with Gasteiger partial charge < -0.3 is 34.6 Å². The van der Waals surface area contributed by atoms with Gasteiger partial charge in [-0.1, -0.05) is 30.4 Å². The first-order chi connectivity index (χ1) is 13.6. The van der Waals surface area contributed by atoms with Crippen LogP contribution in [0.2, 0.25) is 0 Å². The monoisotopic (exact) mass is 388 g/mol. The number of phenols is 2. The minimum atomic E-state index is -0.136. The summed E-state index contributed by atoms with van der Waals surface area (Å²) in [6.45, 7) is 0.0485. The third kappa shape index (κ3) is 5.94. The lowest BCUT2D eigenvalue weighted by atomic mass is 10.1. The van der Waals surface area contributed by atoms with Gasteiger partial charge in [-0.3, -0.25) is 0 Å². The summed E-state index contributed by atoms with van der Waals surface area (Å²) < 4.78 is 16.2. The number of phenolic OH excluding ortho intramolecular Hbond substituents is 2. The molecule has 0 aliphatic heterocycles. The second-order valence-electron chi connectivity index (χ2n) is 5.66. The number of aliphatic hydroxyl groups is 2. The molecule has 0 aliphatic carbocycles. The minimum absolute atomic E-state index is 0.0122. The maximum absolute atomic E-state index is 10.2. The minimum Gasteiger partial charge on any atom is -0.504 e. The molecule has 0 spiro atoms. The van der Waals surface area contributed by atoms with Gasteiger partial charge in [0.25, 0.3) is 0 Å². The molecule has 2 aromatic rings. The van der Waals surface area contributed by atoms with E-state index in [4.69, 9.17) is 24.4 Å². The highest BCUT2D eigenvalue weighted by molar-refractivity contribution is 5.61. The second kappa shape index (κ2) is 10.9. The molecular formula is C21H24O7. The summed E-state index contributed by atoms with van der Waals surface area (Å²) in [5.41, 5.74) is 1.47. The summed E-state index contributed by atoms with van der Waals surface area (Å²) in [6.07, 6.45) is 6.51. The smallest absolute Gasteiger partial charge is 0.200 e. The van der Waals surface area contributed by atoms with Crippen molar-refractivity contribution in [2.45, 2.75) is 0 Å². The molecule has 0 unspecified atom stereocenters. The lowest BCUT2D eigenvalue weighted by Gasteiger charge is -2.13. The molecule has 4 N–H and O–H groups in total. The van der Waals surface area contributed by atoms with Crippen LogP contribution < -0.4 is 14.2 Å². The van der Waals surface area contributed by atoms with E-state index in [-0.39, 0.29) is 55.2 Å². The van der Waals surface area contributed by atoms with E-state index in [2.05, 4.69) is 0 Å². The number of hydrogen-bond donors (Lipinski definition) is 4. The van der Waals surface area contributed by atoms with Gasteiger partial charge in [-0.05, 0) is 35.4 Å². The summed E-state index contributed by atoms with van der Waals surface area (Å²) in [7, 11) is 1.43. The maximum Gasteiger partial charge on any atom is 0.200 e. The van der Waals surface area contributed by atoms with Crippen LogP contribution in [0.15, 0.2) is 42.5 Å². The Hall–Kier alpha value is -3.16. The SMILES string of the molecule is COc1cc(/C=C/CO)cc(OCCOc2cc(/C=C/CO)ccc2O)c1O. The van der Waals surface area contributed by atoms with Gasteiger partial charge in [-0.15, -0.1) is 0 Å². The van der Waals surface area contributed by atoms with E-state index in [1.165, 1.54) is 13.2 Å². The molecule has 0 fully saturated rings. The summed E-state index contributed by atoms with van der Waals surface area (Å²) in [5, 5.41) is 37.8. The summed E-state index contributed by atoms with van der Waals surface area (Å²) in [5.74, 6) is 0.593. The number of ether oxygens (including phenoxy) is 3. The quantitative estimate of drug-likeness (QED) is 0.463. The van der Waals surface area contributed by atoms with Gasteiger partial charge in [0.15, 0.2) is 23.0 Å². The van der Waals surface area contributed by atoms with Crippen LogP contribution in [0.1, 0.15) is 11.1 Å². The van der Waals surface area contributed by atoms with Crippen molar-refractivity contribution in [2.75, 3.05) is 33.5 Å². The molecule has 2 rings (SSSR count). The molecule has 0 aromatic heterocycles. The highest BCUT2D eigenvalue weighted by Crippen LogP contribution is 2.37. The molecule has 0 saturated carbocycles. The van der Waals surface area contributed by atoms with E-state index in [1.54, 1.807) is 48.6 Å². The molecule has 7 heteroatoms. The Morgan fingerprint density at radius 1 is 0.786 bits per heavy atom. The Bertz CT molecular complexity index is 828. The molecule has 28 heavy (non-hydrogen) atoms. The van der Waals surface area contributed by atoms with Crippen LogP contribution in [0.5, 0.6) is 28.7 Å². The number of aliphatic hydroxyl groups excluding tert-OH is 2. The third-order valence-electron chi connectivity index (χ3n) is 3.70. The van der Waals surface area contributed by atoms with Crippen molar-refractivity contribution in [3.8, 4) is 28.7 Å². The molecule has 150 valence electrons. The van der Waals surface area contributed by atoms with Crippen LogP contribution in [-0.2, 0) is 0 Å². The average molecular weight is 388 g/mol. The van der Waals surface area contributed by atoms with Crippen LogP contribution in [0.25, 0.3) is 12.2 Å². The molecule has 7 nitrogen and oxygen atoms in total. The van der Waals surface area contributed by atoms with E-state index in [0.717, 1.165) is 5.56 Å². The number of aromatic hydroxyl groups is 2. The highest BCUT2D eigenvalue weighted by atomic mass is 16.5. The Morgan fingerprint density at radius 2 is 1.36 bits per heavy atom. The topological polar surface area (TPSA) is 109 Å². The molecule has 0 bridgehead atoms. The fourth-order valence-electron chi connectivity index (χ4n) is 2.40. The second-order valence-corrected chi connectivity index (χ2v) is 5.66. The van der Waals surface area contributed by atoms with Gasteiger partial charge in [0.1, 0.15) is 13.2 Å². The first-order valence-electron chi connectivity index (χ1n) is 8.63. The number of benzene rings is 2. The molecule has 0 aliphatic rings. The van der Waals surface area contributed by atoms with Gasteiger partial charge in [0.05, 0.1) is 20.3 Å². The predicted octanol–water partition coefficient (Wildman–Crippen LogP) is 2.58. The van der Waals surface area contributed by atoms with E-state index in [1.807, 2.05) is 0 Å². The number of methoxy groups -OCH3 is 1. The highest BCUT2D eigenvalue weighted by Gasteiger charge is 2.11. The van der Waals surface area contributed by atoms with Crippen LogP contribution >= 0.6 is 0 Å². The molecular weight excluding hydrogens is 364 g/mol. The first kappa shape index (κ1) is 21.1. The van der Waals surface area contributed by atoms with Gasteiger partial charge in [-0.25, -0.2) is 0 Å². The molecule has 0 atom stereocenters. The lowest BCUT2D eigenvalue weighted by Crippen LogP contribution is -2.09. The maximum atomic E-state index is 10.2. The normalized spacial score (nSPS) is 11.2. The van der Waals surface area contributed by atoms with Crippen molar-refractivity contribution in [2.24, 2.45) is 0 Å². The fourth-order valence-corrected chi connectivity index (χ4v) is 2.40. The molecule has 2 aromatic carbocycles. The van der Waals surface area contributed by atoms with Crippen molar-refractivity contribution in [3.63, 3.8) is 0 Å². The largest absolute Gasteiger partial charge is 0.504 e. The van der Waals surface area contributed by atoms with Gasteiger partial charge in [0.2, 0.25) is 5.75 Å². The standard InChI is InChI=1S/C21H24O7/c1-26-19-13-16(5-3-9-23)14-20(21(19)25)28-11-10-27-18-12-15(4-2-8-22)6-7-17(18)24/h2-7,12-14,22-25H,8-11H2,1H3/b4-2+,5-3+. The van der Waals surface area contributed by atoms with Crippen molar-refractivity contribution in [1.82, 2.24) is 0 Å². The zero-order valence-corrected chi connectivity index (χ0v) is 15.5. The summed E-state index contributed by atoms with van der Waals surface area (Å²) in [4.78, 5) is 0. The van der Waals surface area contributed by atoms with Crippen LogP contribution in [0.3, 0.4) is 0 Å². The van der Waals surface area contributed by atoms with Crippen molar-refractivity contribution >= 4 is 12.2 Å².